The van der Waals surface area contributed by atoms with Gasteiger partial charge in [-0.1, -0.05) is 33.1 Å². The van der Waals surface area contributed by atoms with Crippen LogP contribution in [0.4, 0.5) is 0 Å². The molecule has 1 heterocycles. The summed E-state index contributed by atoms with van der Waals surface area (Å²) >= 11 is 0. The van der Waals surface area contributed by atoms with Crippen molar-refractivity contribution in [1.82, 2.24) is 4.90 Å². The van der Waals surface area contributed by atoms with E-state index in [0.29, 0.717) is 26.2 Å². The first kappa shape index (κ1) is 17.0. The third kappa shape index (κ3) is 5.12. The SMILES string of the molecule is CCCCCCOC(=O)[C@H]1CN1[C@H](CC)C(=O)OCC. The third-order valence-corrected chi connectivity index (χ3v) is 3.51. The highest BCUT2D eigenvalue weighted by Crippen LogP contribution is 2.25. The summed E-state index contributed by atoms with van der Waals surface area (Å²) in [7, 11) is 0. The fourth-order valence-electron chi connectivity index (χ4n) is 2.28. The van der Waals surface area contributed by atoms with Gasteiger partial charge in [-0.05, 0) is 19.8 Å². The average Bonchev–Trinajstić information content (AvgIpc) is 3.20. The molecule has 0 aliphatic carbocycles. The second-order valence-corrected chi connectivity index (χ2v) is 5.12. The van der Waals surface area contributed by atoms with Gasteiger partial charge in [0.05, 0.1) is 13.2 Å². The maximum Gasteiger partial charge on any atom is 0.324 e. The molecule has 0 amide bonds. The van der Waals surface area contributed by atoms with Crippen molar-refractivity contribution in [3.63, 3.8) is 0 Å². The van der Waals surface area contributed by atoms with Crippen molar-refractivity contribution in [2.75, 3.05) is 19.8 Å². The average molecular weight is 285 g/mol. The van der Waals surface area contributed by atoms with Crippen molar-refractivity contribution in [2.24, 2.45) is 0 Å². The normalized spacial score (nSPS) is 22.1. The topological polar surface area (TPSA) is 55.6 Å². The number of unbranched alkanes of at least 4 members (excludes halogenated alkanes) is 3. The molecule has 1 aliphatic rings. The molecule has 5 nitrogen and oxygen atoms in total. The van der Waals surface area contributed by atoms with Crippen LogP contribution in [-0.4, -0.2) is 48.7 Å². The Kier molecular flexibility index (Phi) is 7.59. The molecule has 0 bridgehead atoms. The quantitative estimate of drug-likeness (QED) is 0.350. The number of hydrogen-bond acceptors (Lipinski definition) is 5. The van der Waals surface area contributed by atoms with Crippen LogP contribution in [-0.2, 0) is 19.1 Å². The molecule has 0 spiro atoms. The molecule has 0 aromatic rings. The fraction of sp³-hybridized carbons (Fsp3) is 0.867. The van der Waals surface area contributed by atoms with E-state index >= 15 is 0 Å². The van der Waals surface area contributed by atoms with E-state index in [1.54, 1.807) is 6.92 Å². The van der Waals surface area contributed by atoms with Crippen LogP contribution >= 0.6 is 0 Å². The second-order valence-electron chi connectivity index (χ2n) is 5.12. The minimum atomic E-state index is -0.312. The van der Waals surface area contributed by atoms with E-state index in [4.69, 9.17) is 9.47 Å². The zero-order valence-corrected chi connectivity index (χ0v) is 12.9. The van der Waals surface area contributed by atoms with Crippen LogP contribution < -0.4 is 0 Å². The van der Waals surface area contributed by atoms with E-state index in [0.717, 1.165) is 12.8 Å². The van der Waals surface area contributed by atoms with Crippen molar-refractivity contribution in [1.29, 1.82) is 0 Å². The van der Waals surface area contributed by atoms with Crippen LogP contribution in [0.2, 0.25) is 0 Å². The molecule has 0 aromatic carbocycles. The predicted molar refractivity (Wildman–Crippen MR) is 76.3 cm³/mol. The lowest BCUT2D eigenvalue weighted by atomic mass is 10.2. The molecule has 20 heavy (non-hydrogen) atoms. The van der Waals surface area contributed by atoms with Gasteiger partial charge in [0.1, 0.15) is 12.1 Å². The van der Waals surface area contributed by atoms with Gasteiger partial charge in [-0.25, -0.2) is 0 Å². The highest BCUT2D eigenvalue weighted by Gasteiger charge is 2.48. The first-order chi connectivity index (χ1) is 9.65. The molecule has 3 atom stereocenters. The van der Waals surface area contributed by atoms with Gasteiger partial charge in [-0.15, -0.1) is 0 Å². The van der Waals surface area contributed by atoms with Gasteiger partial charge < -0.3 is 9.47 Å². The molecule has 0 aromatic heterocycles. The van der Waals surface area contributed by atoms with Crippen molar-refractivity contribution in [2.45, 2.75) is 65.0 Å². The molecule has 0 N–H and O–H groups in total. The summed E-state index contributed by atoms with van der Waals surface area (Å²) in [5.41, 5.74) is 0. The Hall–Kier alpha value is -1.10. The van der Waals surface area contributed by atoms with Gasteiger partial charge in [0, 0.05) is 6.54 Å². The van der Waals surface area contributed by atoms with E-state index in [2.05, 4.69) is 6.92 Å². The molecule has 1 aliphatic heterocycles. The Labute approximate surface area is 121 Å². The van der Waals surface area contributed by atoms with Gasteiger partial charge in [-0.3, -0.25) is 14.5 Å². The summed E-state index contributed by atoms with van der Waals surface area (Å²) in [6.45, 7) is 7.32. The van der Waals surface area contributed by atoms with E-state index in [9.17, 15) is 9.59 Å². The predicted octanol–water partition coefficient (Wildman–Crippen LogP) is 2.14. The zero-order chi connectivity index (χ0) is 15.0. The molecule has 1 fully saturated rings. The lowest BCUT2D eigenvalue weighted by Crippen LogP contribution is -2.33. The molecule has 1 saturated heterocycles. The Morgan fingerprint density at radius 2 is 1.90 bits per heavy atom. The summed E-state index contributed by atoms with van der Waals surface area (Å²) in [4.78, 5) is 25.4. The Bertz CT molecular complexity index is 319. The Morgan fingerprint density at radius 3 is 2.50 bits per heavy atom. The van der Waals surface area contributed by atoms with Crippen LogP contribution in [0.3, 0.4) is 0 Å². The van der Waals surface area contributed by atoms with Gasteiger partial charge in [0.2, 0.25) is 0 Å². The van der Waals surface area contributed by atoms with Gasteiger partial charge in [-0.2, -0.15) is 0 Å². The fourth-order valence-corrected chi connectivity index (χ4v) is 2.28. The molecular weight excluding hydrogens is 258 g/mol. The highest BCUT2D eigenvalue weighted by molar-refractivity contribution is 5.83. The standard InChI is InChI=1S/C15H27NO4/c1-4-7-8-9-10-20-15(18)13-11-16(13)12(5-2)14(17)19-6-3/h12-13H,4-11H2,1-3H3/t12-,13-,16?/m1/s1. The summed E-state index contributed by atoms with van der Waals surface area (Å²) in [6.07, 6.45) is 5.01. The number of nitrogens with zero attached hydrogens (tertiary/aromatic N) is 1. The Morgan fingerprint density at radius 1 is 1.15 bits per heavy atom. The van der Waals surface area contributed by atoms with E-state index in [-0.39, 0.29) is 24.0 Å². The molecule has 116 valence electrons. The molecule has 1 unspecified atom stereocenters. The molecule has 0 saturated carbocycles. The summed E-state index contributed by atoms with van der Waals surface area (Å²) < 4.78 is 10.3. The highest BCUT2D eigenvalue weighted by atomic mass is 16.5. The smallest absolute Gasteiger partial charge is 0.324 e. The van der Waals surface area contributed by atoms with Gasteiger partial charge >= 0.3 is 11.9 Å². The van der Waals surface area contributed by atoms with Gasteiger partial charge in [0.25, 0.3) is 0 Å². The van der Waals surface area contributed by atoms with Crippen molar-refractivity contribution >= 4 is 11.9 Å². The van der Waals surface area contributed by atoms with Crippen molar-refractivity contribution in [3.8, 4) is 0 Å². The second kappa shape index (κ2) is 8.95. The molecule has 1 rings (SSSR count). The van der Waals surface area contributed by atoms with E-state index in [1.807, 2.05) is 11.8 Å². The van der Waals surface area contributed by atoms with Crippen LogP contribution in [0.1, 0.15) is 52.9 Å². The summed E-state index contributed by atoms with van der Waals surface area (Å²) in [5.74, 6) is -0.447. The molecular formula is C15H27NO4. The molecule has 5 heteroatoms. The summed E-state index contributed by atoms with van der Waals surface area (Å²) in [6, 6.07) is -0.567. The van der Waals surface area contributed by atoms with Crippen LogP contribution in [0.25, 0.3) is 0 Å². The first-order valence-corrected chi connectivity index (χ1v) is 7.74. The monoisotopic (exact) mass is 285 g/mol. The van der Waals surface area contributed by atoms with Crippen LogP contribution in [0.15, 0.2) is 0 Å². The number of carbonyl (C=O) groups is 2. The van der Waals surface area contributed by atoms with Crippen molar-refractivity contribution < 1.29 is 19.1 Å². The van der Waals surface area contributed by atoms with Gasteiger partial charge in [0.15, 0.2) is 0 Å². The number of esters is 2. The maximum atomic E-state index is 11.8. The maximum absolute atomic E-state index is 11.8. The van der Waals surface area contributed by atoms with E-state index in [1.165, 1.54) is 12.8 Å². The minimum absolute atomic E-state index is 0.204. The van der Waals surface area contributed by atoms with Crippen molar-refractivity contribution in [3.05, 3.63) is 0 Å². The number of carbonyl (C=O) groups excluding carboxylic acids is 2. The van der Waals surface area contributed by atoms with E-state index < -0.39 is 0 Å². The molecule has 0 radical (unpaired) electrons. The first-order valence-electron chi connectivity index (χ1n) is 7.74. The Balaban J connectivity index is 2.26. The summed E-state index contributed by atoms with van der Waals surface area (Å²) in [5, 5.41) is 0. The lowest BCUT2D eigenvalue weighted by molar-refractivity contribution is -0.149. The largest absolute Gasteiger partial charge is 0.465 e. The minimum Gasteiger partial charge on any atom is -0.465 e. The van der Waals surface area contributed by atoms with Crippen LogP contribution in [0, 0.1) is 0 Å². The number of rotatable bonds is 10. The lowest BCUT2D eigenvalue weighted by Gasteiger charge is -2.15. The zero-order valence-electron chi connectivity index (χ0n) is 12.9. The number of hydrogen-bond donors (Lipinski definition) is 0. The third-order valence-electron chi connectivity index (χ3n) is 3.51. The van der Waals surface area contributed by atoms with Crippen LogP contribution in [0.5, 0.6) is 0 Å². The number of ether oxygens (including phenoxy) is 2.